The van der Waals surface area contributed by atoms with E-state index in [-0.39, 0.29) is 17.7 Å². The molecule has 0 radical (unpaired) electrons. The topological polar surface area (TPSA) is 74.0 Å². The minimum atomic E-state index is -0.620. The van der Waals surface area contributed by atoms with Crippen LogP contribution in [0.1, 0.15) is 36.5 Å². The monoisotopic (exact) mass is 453 g/mol. The Morgan fingerprint density at radius 3 is 2.00 bits per heavy atom. The predicted molar refractivity (Wildman–Crippen MR) is 137 cm³/mol. The summed E-state index contributed by atoms with van der Waals surface area (Å²) >= 11 is 0. The first-order valence-electron chi connectivity index (χ1n) is 11.8. The number of amides is 2. The molecule has 5 heteroatoms. The predicted octanol–water partition coefficient (Wildman–Crippen LogP) is 4.80. The molecule has 1 aromatic heterocycles. The number of aromatic amines is 1. The van der Waals surface area contributed by atoms with Crippen molar-refractivity contribution in [1.82, 2.24) is 15.6 Å². The zero-order valence-corrected chi connectivity index (χ0v) is 19.6. The van der Waals surface area contributed by atoms with Crippen molar-refractivity contribution in [3.8, 4) is 0 Å². The fourth-order valence-electron chi connectivity index (χ4n) is 4.33. The van der Waals surface area contributed by atoms with Crippen LogP contribution in [-0.2, 0) is 16.0 Å². The molecule has 0 aliphatic rings. The van der Waals surface area contributed by atoms with E-state index in [4.69, 9.17) is 0 Å². The second kappa shape index (κ2) is 10.8. The van der Waals surface area contributed by atoms with Crippen LogP contribution in [-0.4, -0.2) is 29.4 Å². The highest BCUT2D eigenvalue weighted by molar-refractivity contribution is 5.92. The maximum atomic E-state index is 13.5. The summed E-state index contributed by atoms with van der Waals surface area (Å²) in [6.45, 7) is 4.40. The van der Waals surface area contributed by atoms with Gasteiger partial charge in [-0.2, -0.15) is 0 Å². The molecular weight excluding hydrogens is 422 g/mol. The van der Waals surface area contributed by atoms with Gasteiger partial charge >= 0.3 is 0 Å². The summed E-state index contributed by atoms with van der Waals surface area (Å²) in [5.74, 6) is -0.877. The number of carbonyl (C=O) groups is 2. The Balaban J connectivity index is 1.44. The van der Waals surface area contributed by atoms with Crippen LogP contribution in [0.25, 0.3) is 10.9 Å². The first-order valence-corrected chi connectivity index (χ1v) is 11.8. The molecule has 0 unspecified atom stereocenters. The average molecular weight is 454 g/mol. The zero-order chi connectivity index (χ0) is 23.9. The van der Waals surface area contributed by atoms with Crippen molar-refractivity contribution in [3.05, 3.63) is 108 Å². The number of rotatable bonds is 9. The first-order chi connectivity index (χ1) is 16.5. The zero-order valence-electron chi connectivity index (χ0n) is 19.6. The molecular formula is C29H31N3O2. The number of hydrogen-bond acceptors (Lipinski definition) is 2. The third-order valence-corrected chi connectivity index (χ3v) is 6.14. The number of carbonyl (C=O) groups excluding carboxylic acids is 2. The standard InChI is InChI=1S/C29H31N3O2/c1-20(2)27(29(34)30-18-17-23-19-31-25-16-10-9-15-24(23)25)32-28(33)26(21-11-5-3-6-12-21)22-13-7-4-8-14-22/h3-16,19-20,26-27,31H,17-18H2,1-2H3,(H,30,34)(H,32,33)/t27-/m1/s1. The van der Waals surface area contributed by atoms with Gasteiger partial charge in [0.25, 0.3) is 0 Å². The Hall–Kier alpha value is -3.86. The van der Waals surface area contributed by atoms with Crippen molar-refractivity contribution in [3.63, 3.8) is 0 Å². The van der Waals surface area contributed by atoms with E-state index >= 15 is 0 Å². The lowest BCUT2D eigenvalue weighted by Crippen LogP contribution is -2.51. The van der Waals surface area contributed by atoms with E-state index in [0.29, 0.717) is 13.0 Å². The normalized spacial score (nSPS) is 12.1. The lowest BCUT2D eigenvalue weighted by Gasteiger charge is -2.25. The number of fused-ring (bicyclic) bond motifs is 1. The molecule has 0 aliphatic heterocycles. The molecule has 0 fully saturated rings. The van der Waals surface area contributed by atoms with Gasteiger partial charge in [-0.25, -0.2) is 0 Å². The van der Waals surface area contributed by atoms with Gasteiger partial charge in [0.15, 0.2) is 0 Å². The van der Waals surface area contributed by atoms with Crippen LogP contribution < -0.4 is 10.6 Å². The van der Waals surface area contributed by atoms with Crippen LogP contribution in [0, 0.1) is 5.92 Å². The van der Waals surface area contributed by atoms with Crippen molar-refractivity contribution in [2.75, 3.05) is 6.54 Å². The lowest BCUT2D eigenvalue weighted by molar-refractivity contribution is -0.130. The Morgan fingerprint density at radius 1 is 0.794 bits per heavy atom. The minimum absolute atomic E-state index is 0.0516. The number of aromatic nitrogens is 1. The molecule has 0 aliphatic carbocycles. The van der Waals surface area contributed by atoms with Gasteiger partial charge < -0.3 is 15.6 Å². The maximum absolute atomic E-state index is 13.5. The van der Waals surface area contributed by atoms with Crippen molar-refractivity contribution in [1.29, 1.82) is 0 Å². The van der Waals surface area contributed by atoms with Gasteiger partial charge in [0.1, 0.15) is 6.04 Å². The molecule has 34 heavy (non-hydrogen) atoms. The Labute approximate surface area is 200 Å². The summed E-state index contributed by atoms with van der Waals surface area (Å²) < 4.78 is 0. The highest BCUT2D eigenvalue weighted by Gasteiger charge is 2.29. The third kappa shape index (κ3) is 5.37. The summed E-state index contributed by atoms with van der Waals surface area (Å²) in [5.41, 5.74) is 4.04. The van der Waals surface area contributed by atoms with Crippen LogP contribution in [0.4, 0.5) is 0 Å². The van der Waals surface area contributed by atoms with Crippen molar-refractivity contribution < 1.29 is 9.59 Å². The van der Waals surface area contributed by atoms with E-state index in [0.717, 1.165) is 22.2 Å². The largest absolute Gasteiger partial charge is 0.361 e. The molecule has 3 aromatic carbocycles. The van der Waals surface area contributed by atoms with E-state index in [1.54, 1.807) is 0 Å². The van der Waals surface area contributed by atoms with E-state index < -0.39 is 12.0 Å². The lowest BCUT2D eigenvalue weighted by atomic mass is 9.89. The van der Waals surface area contributed by atoms with Crippen LogP contribution in [0.2, 0.25) is 0 Å². The molecule has 4 aromatic rings. The molecule has 0 bridgehead atoms. The SMILES string of the molecule is CC(C)[C@@H](NC(=O)C(c1ccccc1)c1ccccc1)C(=O)NCCc1c[nH]c2ccccc12. The smallest absolute Gasteiger partial charge is 0.242 e. The van der Waals surface area contributed by atoms with Gasteiger partial charge in [0, 0.05) is 23.6 Å². The second-order valence-electron chi connectivity index (χ2n) is 8.89. The molecule has 174 valence electrons. The molecule has 0 spiro atoms. The summed E-state index contributed by atoms with van der Waals surface area (Å²) in [7, 11) is 0. The summed E-state index contributed by atoms with van der Waals surface area (Å²) in [5, 5.41) is 7.22. The van der Waals surface area contributed by atoms with Gasteiger partial charge in [-0.15, -0.1) is 0 Å². The van der Waals surface area contributed by atoms with E-state index in [1.165, 1.54) is 5.39 Å². The summed E-state index contributed by atoms with van der Waals surface area (Å²) in [4.78, 5) is 29.8. The fourth-order valence-corrected chi connectivity index (χ4v) is 4.33. The number of benzene rings is 3. The minimum Gasteiger partial charge on any atom is -0.361 e. The fraction of sp³-hybridized carbons (Fsp3) is 0.241. The van der Waals surface area contributed by atoms with E-state index in [9.17, 15) is 9.59 Å². The van der Waals surface area contributed by atoms with Crippen molar-refractivity contribution >= 4 is 22.7 Å². The molecule has 0 saturated carbocycles. The number of para-hydroxylation sites is 1. The molecule has 5 nitrogen and oxygen atoms in total. The maximum Gasteiger partial charge on any atom is 0.242 e. The van der Waals surface area contributed by atoms with Gasteiger partial charge in [0.05, 0.1) is 5.92 Å². The summed E-state index contributed by atoms with van der Waals surface area (Å²) in [6, 6.07) is 26.9. The number of H-pyrrole nitrogens is 1. The number of nitrogens with one attached hydrogen (secondary N) is 3. The van der Waals surface area contributed by atoms with Gasteiger partial charge in [-0.1, -0.05) is 92.7 Å². The van der Waals surface area contributed by atoms with Crippen molar-refractivity contribution in [2.24, 2.45) is 5.92 Å². The van der Waals surface area contributed by atoms with Crippen LogP contribution in [0.3, 0.4) is 0 Å². The molecule has 0 saturated heterocycles. The van der Waals surface area contributed by atoms with E-state index in [2.05, 4.69) is 21.7 Å². The van der Waals surface area contributed by atoms with Gasteiger partial charge in [-0.05, 0) is 35.1 Å². The van der Waals surface area contributed by atoms with Crippen LogP contribution >= 0.6 is 0 Å². The highest BCUT2D eigenvalue weighted by Crippen LogP contribution is 2.25. The van der Waals surface area contributed by atoms with Gasteiger partial charge in [0.2, 0.25) is 11.8 Å². The Morgan fingerprint density at radius 2 is 1.38 bits per heavy atom. The summed E-state index contributed by atoms with van der Waals surface area (Å²) in [6.07, 6.45) is 2.70. The van der Waals surface area contributed by atoms with E-state index in [1.807, 2.05) is 98.9 Å². The quantitative estimate of drug-likeness (QED) is 0.341. The Bertz CT molecular complexity index is 1190. The Kier molecular flexibility index (Phi) is 7.43. The van der Waals surface area contributed by atoms with Crippen LogP contribution in [0.5, 0.6) is 0 Å². The average Bonchev–Trinajstić information content (AvgIpc) is 3.27. The number of hydrogen-bond donors (Lipinski definition) is 3. The first kappa shape index (κ1) is 23.3. The molecule has 4 rings (SSSR count). The van der Waals surface area contributed by atoms with Crippen molar-refractivity contribution in [2.45, 2.75) is 32.2 Å². The van der Waals surface area contributed by atoms with Crippen LogP contribution in [0.15, 0.2) is 91.1 Å². The molecule has 3 N–H and O–H groups in total. The molecule has 2 amide bonds. The second-order valence-corrected chi connectivity index (χ2v) is 8.89. The highest BCUT2D eigenvalue weighted by atomic mass is 16.2. The molecule has 1 heterocycles. The molecule has 1 atom stereocenters. The van der Waals surface area contributed by atoms with Gasteiger partial charge in [-0.3, -0.25) is 9.59 Å². The third-order valence-electron chi connectivity index (χ3n) is 6.14.